The fraction of sp³-hybridized carbons (Fsp3) is 0.111. The van der Waals surface area contributed by atoms with E-state index < -0.39 is 22.5 Å². The molecule has 0 aliphatic carbocycles. The van der Waals surface area contributed by atoms with E-state index >= 15 is 0 Å². The number of carbonyl (C=O) groups excluding carboxylic acids is 1. The molecule has 4 aromatic rings. The van der Waals surface area contributed by atoms with Crippen molar-refractivity contribution in [1.29, 1.82) is 0 Å². The fourth-order valence-electron chi connectivity index (χ4n) is 3.98. The SMILES string of the molecule is Cc1cc(/C=N/NC(=O)CN(c2ccc(Cl)cc2Cl)S(=O)(=O)c2ccccc2)c(C)n1-c1ccc(Cl)c(Cl)c1. The number of nitrogens with zero attached hydrogens (tertiary/aromatic N) is 3. The highest BCUT2D eigenvalue weighted by molar-refractivity contribution is 7.92. The number of amides is 1. The Labute approximate surface area is 246 Å². The number of anilines is 1. The first-order chi connectivity index (χ1) is 18.5. The average molecular weight is 624 g/mol. The van der Waals surface area contributed by atoms with E-state index in [2.05, 4.69) is 10.5 Å². The summed E-state index contributed by atoms with van der Waals surface area (Å²) in [6.45, 7) is 3.25. The van der Waals surface area contributed by atoms with Crippen LogP contribution in [-0.2, 0) is 14.8 Å². The molecule has 0 fully saturated rings. The van der Waals surface area contributed by atoms with Gasteiger partial charge in [0.1, 0.15) is 6.54 Å². The summed E-state index contributed by atoms with van der Waals surface area (Å²) in [4.78, 5) is 12.9. The predicted molar refractivity (Wildman–Crippen MR) is 158 cm³/mol. The third kappa shape index (κ3) is 6.42. The molecule has 7 nitrogen and oxygen atoms in total. The van der Waals surface area contributed by atoms with Crippen LogP contribution in [0.3, 0.4) is 0 Å². The van der Waals surface area contributed by atoms with Crippen molar-refractivity contribution in [2.75, 3.05) is 10.8 Å². The number of carbonyl (C=O) groups is 1. The van der Waals surface area contributed by atoms with Gasteiger partial charge in [-0.1, -0.05) is 64.6 Å². The molecule has 3 aromatic carbocycles. The van der Waals surface area contributed by atoms with E-state index in [9.17, 15) is 13.2 Å². The molecule has 1 heterocycles. The monoisotopic (exact) mass is 622 g/mol. The van der Waals surface area contributed by atoms with Crippen LogP contribution in [0.25, 0.3) is 5.69 Å². The van der Waals surface area contributed by atoms with Gasteiger partial charge in [-0.3, -0.25) is 9.10 Å². The molecule has 39 heavy (non-hydrogen) atoms. The number of aromatic nitrogens is 1. The van der Waals surface area contributed by atoms with Gasteiger partial charge in [0.2, 0.25) is 0 Å². The number of benzene rings is 3. The van der Waals surface area contributed by atoms with Crippen molar-refractivity contribution in [2.45, 2.75) is 18.7 Å². The summed E-state index contributed by atoms with van der Waals surface area (Å²) in [6, 6.07) is 19.3. The lowest BCUT2D eigenvalue weighted by Gasteiger charge is -2.24. The van der Waals surface area contributed by atoms with Gasteiger partial charge in [-0.15, -0.1) is 0 Å². The number of hydrazone groups is 1. The quantitative estimate of drug-likeness (QED) is 0.169. The molecule has 1 aromatic heterocycles. The Morgan fingerprint density at radius 3 is 2.31 bits per heavy atom. The van der Waals surface area contributed by atoms with Gasteiger partial charge < -0.3 is 4.57 Å². The van der Waals surface area contributed by atoms with Crippen LogP contribution in [0, 0.1) is 13.8 Å². The highest BCUT2D eigenvalue weighted by atomic mass is 35.5. The lowest BCUT2D eigenvalue weighted by Crippen LogP contribution is -2.39. The second kappa shape index (κ2) is 12.0. The van der Waals surface area contributed by atoms with Crippen LogP contribution < -0.4 is 9.73 Å². The fourth-order valence-corrected chi connectivity index (χ4v) is 6.30. The Balaban J connectivity index is 1.57. The maximum absolute atomic E-state index is 13.5. The summed E-state index contributed by atoms with van der Waals surface area (Å²) in [5.74, 6) is -0.671. The zero-order valence-electron chi connectivity index (χ0n) is 20.7. The molecular formula is C27H22Cl4N4O3S. The minimum Gasteiger partial charge on any atom is -0.318 e. The molecule has 0 bridgehead atoms. The van der Waals surface area contributed by atoms with E-state index in [0.717, 1.165) is 26.9 Å². The minimum absolute atomic E-state index is 0.00191. The van der Waals surface area contributed by atoms with Crippen molar-refractivity contribution in [3.63, 3.8) is 0 Å². The van der Waals surface area contributed by atoms with Crippen molar-refractivity contribution >= 4 is 74.2 Å². The first kappa shape index (κ1) is 29.0. The normalized spacial score (nSPS) is 11.6. The molecule has 0 radical (unpaired) electrons. The Bertz CT molecular complexity index is 1670. The number of hydrogen-bond donors (Lipinski definition) is 1. The Hall–Kier alpha value is -3.01. The van der Waals surface area contributed by atoms with Crippen molar-refractivity contribution in [1.82, 2.24) is 9.99 Å². The standard InChI is InChI=1S/C27H22Cl4N4O3S/c1-17-12-19(18(2)35(17)21-9-10-23(29)24(30)14-21)15-32-33-27(36)16-34(26-11-8-20(28)13-25(26)31)39(37,38)22-6-4-3-5-7-22/h3-15H,16H2,1-2H3,(H,33,36)/b32-15+. The molecule has 12 heteroatoms. The summed E-state index contributed by atoms with van der Waals surface area (Å²) in [7, 11) is -4.14. The molecule has 0 unspecified atom stereocenters. The van der Waals surface area contributed by atoms with Crippen molar-refractivity contribution < 1.29 is 13.2 Å². The van der Waals surface area contributed by atoms with Gasteiger partial charge in [-0.05, 0) is 68.4 Å². The van der Waals surface area contributed by atoms with Gasteiger partial charge >= 0.3 is 0 Å². The van der Waals surface area contributed by atoms with E-state index in [1.165, 1.54) is 36.5 Å². The molecule has 1 N–H and O–H groups in total. The number of aryl methyl sites for hydroxylation is 1. The van der Waals surface area contributed by atoms with E-state index in [0.29, 0.717) is 15.1 Å². The number of nitrogens with one attached hydrogen (secondary N) is 1. The highest BCUT2D eigenvalue weighted by Gasteiger charge is 2.28. The van der Waals surface area contributed by atoms with Crippen LogP contribution in [0.1, 0.15) is 17.0 Å². The first-order valence-corrected chi connectivity index (χ1v) is 14.4. The number of halogens is 4. The van der Waals surface area contributed by atoms with E-state index in [1.807, 2.05) is 30.5 Å². The molecule has 0 aliphatic heterocycles. The van der Waals surface area contributed by atoms with Crippen molar-refractivity contribution in [2.24, 2.45) is 5.10 Å². The third-order valence-corrected chi connectivity index (χ3v) is 8.87. The number of sulfonamides is 1. The molecule has 0 saturated heterocycles. The maximum atomic E-state index is 13.5. The van der Waals surface area contributed by atoms with Gasteiger partial charge in [-0.25, -0.2) is 13.8 Å². The van der Waals surface area contributed by atoms with Crippen LogP contribution >= 0.6 is 46.4 Å². The molecule has 0 aliphatic rings. The Kier molecular flexibility index (Phi) is 8.93. The lowest BCUT2D eigenvalue weighted by molar-refractivity contribution is -0.119. The van der Waals surface area contributed by atoms with Crippen LogP contribution in [-0.4, -0.2) is 31.7 Å². The molecule has 0 spiro atoms. The van der Waals surface area contributed by atoms with Gasteiger partial charge in [0.15, 0.2) is 0 Å². The second-order valence-corrected chi connectivity index (χ2v) is 12.0. The first-order valence-electron chi connectivity index (χ1n) is 11.5. The zero-order valence-corrected chi connectivity index (χ0v) is 24.5. The molecule has 202 valence electrons. The van der Waals surface area contributed by atoms with Crippen molar-refractivity contribution in [3.8, 4) is 5.69 Å². The van der Waals surface area contributed by atoms with Gasteiger partial charge in [-0.2, -0.15) is 5.10 Å². The summed E-state index contributed by atoms with van der Waals surface area (Å²) in [5.41, 5.74) is 5.84. The molecule has 0 saturated carbocycles. The zero-order chi connectivity index (χ0) is 28.3. The minimum atomic E-state index is -4.14. The second-order valence-electron chi connectivity index (χ2n) is 8.47. The Morgan fingerprint density at radius 1 is 0.923 bits per heavy atom. The topological polar surface area (TPSA) is 83.8 Å². The van der Waals surface area contributed by atoms with Crippen LogP contribution in [0.15, 0.2) is 82.8 Å². The highest BCUT2D eigenvalue weighted by Crippen LogP contribution is 2.32. The maximum Gasteiger partial charge on any atom is 0.264 e. The summed E-state index contributed by atoms with van der Waals surface area (Å²) in [5, 5.41) is 5.35. The van der Waals surface area contributed by atoms with E-state index in [-0.39, 0.29) is 15.6 Å². The summed E-state index contributed by atoms with van der Waals surface area (Å²) in [6.07, 6.45) is 1.49. The van der Waals surface area contributed by atoms with Crippen LogP contribution in [0.2, 0.25) is 20.1 Å². The predicted octanol–water partition coefficient (Wildman–Crippen LogP) is 7.05. The largest absolute Gasteiger partial charge is 0.318 e. The lowest BCUT2D eigenvalue weighted by atomic mass is 10.2. The molecule has 1 amide bonds. The van der Waals surface area contributed by atoms with E-state index in [4.69, 9.17) is 46.4 Å². The van der Waals surface area contributed by atoms with Gasteiger partial charge in [0, 0.05) is 27.7 Å². The molecule has 4 rings (SSSR count). The smallest absolute Gasteiger partial charge is 0.264 e. The third-order valence-electron chi connectivity index (χ3n) is 5.82. The summed E-state index contributed by atoms with van der Waals surface area (Å²) >= 11 is 24.6. The number of hydrogen-bond acceptors (Lipinski definition) is 4. The van der Waals surface area contributed by atoms with Gasteiger partial charge in [0.05, 0.1) is 31.9 Å². The number of rotatable bonds is 8. The van der Waals surface area contributed by atoms with Gasteiger partial charge in [0.25, 0.3) is 15.9 Å². The van der Waals surface area contributed by atoms with Crippen LogP contribution in [0.5, 0.6) is 0 Å². The molecule has 0 atom stereocenters. The molecular weight excluding hydrogens is 602 g/mol. The Morgan fingerprint density at radius 2 is 1.64 bits per heavy atom. The van der Waals surface area contributed by atoms with E-state index in [1.54, 1.807) is 30.3 Å². The summed E-state index contributed by atoms with van der Waals surface area (Å²) < 4.78 is 29.8. The van der Waals surface area contributed by atoms with Crippen molar-refractivity contribution in [3.05, 3.63) is 110 Å². The van der Waals surface area contributed by atoms with Crippen LogP contribution in [0.4, 0.5) is 5.69 Å². The average Bonchev–Trinajstić information content (AvgIpc) is 3.17.